The molecule has 9 heteroatoms. The second-order valence-electron chi connectivity index (χ2n) is 7.67. The first kappa shape index (κ1) is 21.9. The number of carbonyl (C=O) groups is 2. The number of rotatable bonds is 8. The molecule has 1 aliphatic heterocycles. The zero-order chi connectivity index (χ0) is 21.7. The Morgan fingerprint density at radius 3 is 2.37 bits per heavy atom. The SMILES string of the molecule is Cc1noc(C)c1CN1CCN(C[C@@H](CC(=O)Nc2ccc(F)cc2)C(=O)O)CC1. The number of hydrogen-bond acceptors (Lipinski definition) is 6. The van der Waals surface area contributed by atoms with Crippen molar-refractivity contribution in [3.05, 3.63) is 47.1 Å². The smallest absolute Gasteiger partial charge is 0.308 e. The summed E-state index contributed by atoms with van der Waals surface area (Å²) < 4.78 is 18.2. The quantitative estimate of drug-likeness (QED) is 0.679. The molecule has 1 fully saturated rings. The van der Waals surface area contributed by atoms with E-state index in [0.717, 1.165) is 49.7 Å². The molecule has 1 saturated heterocycles. The van der Waals surface area contributed by atoms with E-state index in [-0.39, 0.29) is 6.42 Å². The van der Waals surface area contributed by atoms with Gasteiger partial charge in [-0.2, -0.15) is 0 Å². The van der Waals surface area contributed by atoms with Crippen LogP contribution in [0, 0.1) is 25.6 Å². The van der Waals surface area contributed by atoms with Crippen molar-refractivity contribution in [3.63, 3.8) is 0 Å². The first-order chi connectivity index (χ1) is 14.3. The van der Waals surface area contributed by atoms with Gasteiger partial charge in [-0.1, -0.05) is 5.16 Å². The van der Waals surface area contributed by atoms with Crippen LogP contribution in [0.4, 0.5) is 10.1 Å². The van der Waals surface area contributed by atoms with E-state index >= 15 is 0 Å². The third-order valence-corrected chi connectivity index (χ3v) is 5.42. The number of nitrogens with zero attached hydrogens (tertiary/aromatic N) is 3. The normalized spacial score (nSPS) is 16.4. The molecule has 1 amide bonds. The fourth-order valence-corrected chi connectivity index (χ4v) is 3.59. The predicted octanol–water partition coefficient (Wildman–Crippen LogP) is 2.28. The number of piperazine rings is 1. The maximum absolute atomic E-state index is 13.0. The molecule has 162 valence electrons. The minimum atomic E-state index is -0.998. The molecule has 1 atom stereocenters. The molecule has 0 saturated carbocycles. The maximum atomic E-state index is 13.0. The van der Waals surface area contributed by atoms with Crippen molar-refractivity contribution in [2.24, 2.45) is 5.92 Å². The van der Waals surface area contributed by atoms with E-state index < -0.39 is 23.6 Å². The van der Waals surface area contributed by atoms with E-state index in [1.807, 2.05) is 13.8 Å². The summed E-state index contributed by atoms with van der Waals surface area (Å²) in [6.07, 6.45) is -0.133. The first-order valence-corrected chi connectivity index (χ1v) is 9.96. The van der Waals surface area contributed by atoms with Gasteiger partial charge in [0.1, 0.15) is 11.6 Å². The van der Waals surface area contributed by atoms with Gasteiger partial charge in [-0.15, -0.1) is 0 Å². The fraction of sp³-hybridized carbons (Fsp3) is 0.476. The topological polar surface area (TPSA) is 98.9 Å². The average molecular weight is 418 g/mol. The number of halogens is 1. The maximum Gasteiger partial charge on any atom is 0.308 e. The van der Waals surface area contributed by atoms with Crippen molar-refractivity contribution in [1.82, 2.24) is 15.0 Å². The van der Waals surface area contributed by atoms with Gasteiger partial charge < -0.3 is 14.9 Å². The standard InChI is InChI=1S/C21H27FN4O4/c1-14-19(15(2)30-24-14)13-26-9-7-25(8-10-26)12-16(21(28)29)11-20(27)23-18-5-3-17(22)4-6-18/h3-6,16H,7-13H2,1-2H3,(H,23,27)(H,28,29)/t16-/m1/s1. The van der Waals surface area contributed by atoms with Crippen LogP contribution in [-0.2, 0) is 16.1 Å². The van der Waals surface area contributed by atoms with Crippen LogP contribution in [0.2, 0.25) is 0 Å². The summed E-state index contributed by atoms with van der Waals surface area (Å²) in [7, 11) is 0. The lowest BCUT2D eigenvalue weighted by Crippen LogP contribution is -2.48. The number of aryl methyl sites for hydroxylation is 2. The van der Waals surface area contributed by atoms with Gasteiger partial charge in [0.15, 0.2) is 0 Å². The summed E-state index contributed by atoms with van der Waals surface area (Å²) in [5.74, 6) is -1.77. The van der Waals surface area contributed by atoms with Crippen molar-refractivity contribution in [2.75, 3.05) is 38.0 Å². The number of hydrogen-bond donors (Lipinski definition) is 2. The summed E-state index contributed by atoms with van der Waals surface area (Å²) in [5.41, 5.74) is 2.44. The second kappa shape index (κ2) is 9.82. The van der Waals surface area contributed by atoms with E-state index in [4.69, 9.17) is 4.52 Å². The van der Waals surface area contributed by atoms with Crippen LogP contribution < -0.4 is 5.32 Å². The third-order valence-electron chi connectivity index (χ3n) is 5.42. The number of anilines is 1. The first-order valence-electron chi connectivity index (χ1n) is 9.96. The van der Waals surface area contributed by atoms with Gasteiger partial charge in [-0.3, -0.25) is 19.4 Å². The Bertz CT molecular complexity index is 856. The lowest BCUT2D eigenvalue weighted by atomic mass is 10.0. The Balaban J connectivity index is 1.48. The Morgan fingerprint density at radius 1 is 1.17 bits per heavy atom. The molecule has 0 bridgehead atoms. The number of nitrogens with one attached hydrogen (secondary N) is 1. The monoisotopic (exact) mass is 418 g/mol. The van der Waals surface area contributed by atoms with Gasteiger partial charge in [0.05, 0.1) is 11.6 Å². The van der Waals surface area contributed by atoms with Gasteiger partial charge in [-0.25, -0.2) is 4.39 Å². The Kier molecular flexibility index (Phi) is 7.17. The highest BCUT2D eigenvalue weighted by molar-refractivity contribution is 5.93. The van der Waals surface area contributed by atoms with Crippen LogP contribution in [0.5, 0.6) is 0 Å². The zero-order valence-electron chi connectivity index (χ0n) is 17.2. The van der Waals surface area contributed by atoms with E-state index in [2.05, 4.69) is 20.3 Å². The molecular formula is C21H27FN4O4. The van der Waals surface area contributed by atoms with Crippen LogP contribution in [0.25, 0.3) is 0 Å². The van der Waals surface area contributed by atoms with Crippen LogP contribution >= 0.6 is 0 Å². The van der Waals surface area contributed by atoms with Gasteiger partial charge in [0, 0.05) is 56.9 Å². The van der Waals surface area contributed by atoms with E-state index in [9.17, 15) is 19.1 Å². The van der Waals surface area contributed by atoms with Crippen LogP contribution in [-0.4, -0.2) is 64.7 Å². The predicted molar refractivity (Wildman–Crippen MR) is 108 cm³/mol. The lowest BCUT2D eigenvalue weighted by Gasteiger charge is -2.35. The van der Waals surface area contributed by atoms with Gasteiger partial charge in [0.2, 0.25) is 5.91 Å². The van der Waals surface area contributed by atoms with E-state index in [1.165, 1.54) is 24.3 Å². The summed E-state index contributed by atoms with van der Waals surface area (Å²) >= 11 is 0. The van der Waals surface area contributed by atoms with Crippen molar-refractivity contribution < 1.29 is 23.6 Å². The summed E-state index contributed by atoms with van der Waals surface area (Å²) in [6.45, 7) is 7.97. The molecule has 3 rings (SSSR count). The van der Waals surface area contributed by atoms with Gasteiger partial charge in [-0.05, 0) is 38.1 Å². The zero-order valence-corrected chi connectivity index (χ0v) is 17.2. The molecule has 0 spiro atoms. The summed E-state index contributed by atoms with van der Waals surface area (Å²) in [4.78, 5) is 28.3. The molecule has 0 radical (unpaired) electrons. The average Bonchev–Trinajstić information content (AvgIpc) is 3.02. The minimum Gasteiger partial charge on any atom is -0.481 e. The lowest BCUT2D eigenvalue weighted by molar-refractivity contribution is -0.144. The highest BCUT2D eigenvalue weighted by Crippen LogP contribution is 2.17. The highest BCUT2D eigenvalue weighted by Gasteiger charge is 2.27. The van der Waals surface area contributed by atoms with Crippen LogP contribution in [0.3, 0.4) is 0 Å². The number of aromatic nitrogens is 1. The highest BCUT2D eigenvalue weighted by atomic mass is 19.1. The van der Waals surface area contributed by atoms with Crippen LogP contribution in [0.15, 0.2) is 28.8 Å². The van der Waals surface area contributed by atoms with E-state index in [1.54, 1.807) is 0 Å². The largest absolute Gasteiger partial charge is 0.481 e. The van der Waals surface area contributed by atoms with Crippen molar-refractivity contribution in [1.29, 1.82) is 0 Å². The fourth-order valence-electron chi connectivity index (χ4n) is 3.59. The number of amides is 1. The molecule has 2 N–H and O–H groups in total. The molecule has 1 aliphatic rings. The number of carboxylic acid groups (broad SMARTS) is 1. The Labute approximate surface area is 174 Å². The second-order valence-corrected chi connectivity index (χ2v) is 7.67. The van der Waals surface area contributed by atoms with Crippen molar-refractivity contribution in [3.8, 4) is 0 Å². The molecule has 30 heavy (non-hydrogen) atoms. The van der Waals surface area contributed by atoms with Gasteiger partial charge >= 0.3 is 5.97 Å². The number of benzene rings is 1. The van der Waals surface area contributed by atoms with Crippen molar-refractivity contribution in [2.45, 2.75) is 26.8 Å². The van der Waals surface area contributed by atoms with E-state index in [0.29, 0.717) is 12.2 Å². The summed E-state index contributed by atoms with van der Waals surface area (Å²) in [6, 6.07) is 5.38. The van der Waals surface area contributed by atoms with Gasteiger partial charge in [0.25, 0.3) is 0 Å². The van der Waals surface area contributed by atoms with Crippen LogP contribution in [0.1, 0.15) is 23.4 Å². The minimum absolute atomic E-state index is 0.133. The third kappa shape index (κ3) is 5.87. The van der Waals surface area contributed by atoms with Crippen molar-refractivity contribution >= 4 is 17.6 Å². The molecule has 1 aromatic carbocycles. The molecule has 8 nitrogen and oxygen atoms in total. The summed E-state index contributed by atoms with van der Waals surface area (Å²) in [5, 5.41) is 16.2. The molecular weight excluding hydrogens is 391 g/mol. The molecule has 1 aromatic heterocycles. The molecule has 2 heterocycles. The Morgan fingerprint density at radius 2 is 1.80 bits per heavy atom. The number of carboxylic acids is 1. The molecule has 0 unspecified atom stereocenters. The number of aliphatic carboxylic acids is 1. The molecule has 2 aromatic rings. The Hall–Kier alpha value is -2.78. The number of carbonyl (C=O) groups excluding carboxylic acids is 1. The molecule has 0 aliphatic carbocycles.